The van der Waals surface area contributed by atoms with Crippen LogP contribution in [0.4, 0.5) is 10.5 Å². The maximum atomic E-state index is 12.6. The smallest absolute Gasteiger partial charge is 0.411 e. The van der Waals surface area contributed by atoms with Gasteiger partial charge in [0.15, 0.2) is 0 Å². The molecule has 0 aliphatic carbocycles. The number of carbonyl (C=O) groups is 2. The first-order valence-corrected chi connectivity index (χ1v) is 11.6. The number of hydrogen-bond acceptors (Lipinski definition) is 5. The van der Waals surface area contributed by atoms with Gasteiger partial charge in [0.1, 0.15) is 0 Å². The lowest BCUT2D eigenvalue weighted by Crippen LogP contribution is -2.27. The number of sulfonamides is 1. The highest BCUT2D eigenvalue weighted by Crippen LogP contribution is 2.21. The van der Waals surface area contributed by atoms with Gasteiger partial charge in [-0.3, -0.25) is 10.1 Å². The van der Waals surface area contributed by atoms with Crippen molar-refractivity contribution in [3.8, 4) is 0 Å². The minimum atomic E-state index is -3.41. The first kappa shape index (κ1) is 22.8. The summed E-state index contributed by atoms with van der Waals surface area (Å²) in [6.45, 7) is 1.54. The zero-order chi connectivity index (χ0) is 22.3. The molecule has 1 aliphatic heterocycles. The Hall–Kier alpha value is -2.91. The third-order valence-corrected chi connectivity index (χ3v) is 7.06. The summed E-state index contributed by atoms with van der Waals surface area (Å²) in [7, 11) is -2.12. The average Bonchev–Trinajstić information content (AvgIpc) is 3.33. The molecule has 8 nitrogen and oxygen atoms in total. The van der Waals surface area contributed by atoms with Crippen molar-refractivity contribution in [2.45, 2.75) is 37.1 Å². The van der Waals surface area contributed by atoms with E-state index in [9.17, 15) is 18.0 Å². The predicted octanol–water partition coefficient (Wildman–Crippen LogP) is 2.90. The van der Waals surface area contributed by atoms with Crippen LogP contribution in [0.5, 0.6) is 0 Å². The van der Waals surface area contributed by atoms with Crippen LogP contribution in [0.1, 0.15) is 30.4 Å². The van der Waals surface area contributed by atoms with Gasteiger partial charge in [-0.2, -0.15) is 4.31 Å². The first-order chi connectivity index (χ1) is 14.9. The van der Waals surface area contributed by atoms with Crippen molar-refractivity contribution in [1.29, 1.82) is 0 Å². The van der Waals surface area contributed by atoms with Gasteiger partial charge in [-0.25, -0.2) is 13.2 Å². The Labute approximate surface area is 182 Å². The molecule has 0 bridgehead atoms. The summed E-state index contributed by atoms with van der Waals surface area (Å²) < 4.78 is 31.2. The normalized spacial score (nSPS) is 14.2. The molecule has 0 unspecified atom stereocenters. The molecule has 2 aromatic rings. The fourth-order valence-corrected chi connectivity index (χ4v) is 4.84. The molecule has 0 saturated carbocycles. The quantitative estimate of drug-likeness (QED) is 0.650. The number of aryl methyl sites for hydroxylation is 1. The van der Waals surface area contributed by atoms with Crippen LogP contribution in [-0.2, 0) is 32.5 Å². The van der Waals surface area contributed by atoms with Gasteiger partial charge in [0.05, 0.1) is 12.0 Å². The number of nitrogens with one attached hydrogen (secondary N) is 2. The van der Waals surface area contributed by atoms with Gasteiger partial charge in [-0.05, 0) is 54.7 Å². The van der Waals surface area contributed by atoms with Crippen molar-refractivity contribution in [1.82, 2.24) is 9.62 Å². The molecule has 3 rings (SSSR count). The lowest BCUT2D eigenvalue weighted by Gasteiger charge is -2.15. The van der Waals surface area contributed by atoms with E-state index < -0.39 is 16.1 Å². The Morgan fingerprint density at radius 1 is 0.968 bits per heavy atom. The summed E-state index contributed by atoms with van der Waals surface area (Å²) in [6, 6.07) is 13.9. The van der Waals surface area contributed by atoms with Crippen LogP contribution in [0.3, 0.4) is 0 Å². The van der Waals surface area contributed by atoms with Crippen LogP contribution in [0.25, 0.3) is 0 Å². The molecule has 0 atom stereocenters. The second kappa shape index (κ2) is 10.4. The van der Waals surface area contributed by atoms with Crippen molar-refractivity contribution in [2.75, 3.05) is 25.5 Å². The molecule has 9 heteroatoms. The molecule has 2 amide bonds. The van der Waals surface area contributed by atoms with Crippen molar-refractivity contribution >= 4 is 27.7 Å². The summed E-state index contributed by atoms with van der Waals surface area (Å²) >= 11 is 0. The van der Waals surface area contributed by atoms with Crippen molar-refractivity contribution in [3.05, 3.63) is 59.7 Å². The van der Waals surface area contributed by atoms with E-state index in [1.807, 2.05) is 12.1 Å². The van der Waals surface area contributed by atoms with Crippen molar-refractivity contribution in [3.63, 3.8) is 0 Å². The van der Waals surface area contributed by atoms with Crippen molar-refractivity contribution in [2.24, 2.45) is 0 Å². The summed E-state index contributed by atoms with van der Waals surface area (Å²) in [5.41, 5.74) is 2.42. The van der Waals surface area contributed by atoms with Gasteiger partial charge < -0.3 is 10.1 Å². The molecule has 0 spiro atoms. The molecule has 1 fully saturated rings. The standard InChI is InChI=1S/C22H27N3O5S/c1-30-22(27)24-19-9-4-18(5-10-19)16-23-21(26)13-8-17-6-11-20(12-7-17)31(28,29)25-14-2-3-15-25/h4-7,9-12H,2-3,8,13-16H2,1H3,(H,23,26)(H,24,27). The Balaban J connectivity index is 1.45. The molecule has 1 aliphatic rings. The minimum absolute atomic E-state index is 0.0921. The highest BCUT2D eigenvalue weighted by Gasteiger charge is 2.26. The maximum absolute atomic E-state index is 12.6. The predicted molar refractivity (Wildman–Crippen MR) is 117 cm³/mol. The van der Waals surface area contributed by atoms with E-state index in [0.717, 1.165) is 24.0 Å². The molecule has 166 valence electrons. The number of amides is 2. The molecular weight excluding hydrogens is 418 g/mol. The van der Waals surface area contributed by atoms with Crippen LogP contribution in [-0.4, -0.2) is 44.9 Å². The lowest BCUT2D eigenvalue weighted by atomic mass is 10.1. The van der Waals surface area contributed by atoms with E-state index >= 15 is 0 Å². The van der Waals surface area contributed by atoms with E-state index in [1.165, 1.54) is 11.4 Å². The molecule has 1 heterocycles. The fourth-order valence-electron chi connectivity index (χ4n) is 3.33. The van der Waals surface area contributed by atoms with Gasteiger partial charge >= 0.3 is 6.09 Å². The molecule has 2 N–H and O–H groups in total. The number of benzene rings is 2. The molecular formula is C22H27N3O5S. The number of nitrogens with zero attached hydrogens (tertiary/aromatic N) is 1. The number of methoxy groups -OCH3 is 1. The third-order valence-electron chi connectivity index (χ3n) is 5.14. The second-order valence-corrected chi connectivity index (χ2v) is 9.28. The van der Waals surface area contributed by atoms with Crippen molar-refractivity contribution < 1.29 is 22.7 Å². The Bertz CT molecular complexity index is 998. The number of ether oxygens (including phenoxy) is 1. The van der Waals surface area contributed by atoms with Crippen LogP contribution in [0.2, 0.25) is 0 Å². The maximum Gasteiger partial charge on any atom is 0.411 e. The van der Waals surface area contributed by atoms with E-state index in [0.29, 0.717) is 43.1 Å². The highest BCUT2D eigenvalue weighted by atomic mass is 32.2. The zero-order valence-electron chi connectivity index (χ0n) is 17.5. The minimum Gasteiger partial charge on any atom is -0.453 e. The van der Waals surface area contributed by atoms with Crippen LogP contribution in [0, 0.1) is 0 Å². The Kier molecular flexibility index (Phi) is 7.64. The van der Waals surface area contributed by atoms with Crippen LogP contribution < -0.4 is 10.6 Å². The number of anilines is 1. The molecule has 1 saturated heterocycles. The van der Waals surface area contributed by atoms with E-state index in [2.05, 4.69) is 15.4 Å². The monoisotopic (exact) mass is 445 g/mol. The SMILES string of the molecule is COC(=O)Nc1ccc(CNC(=O)CCc2ccc(S(=O)(=O)N3CCCC3)cc2)cc1. The van der Waals surface area contributed by atoms with E-state index in [1.54, 1.807) is 36.4 Å². The van der Waals surface area contributed by atoms with E-state index in [-0.39, 0.29) is 5.91 Å². The number of rotatable bonds is 8. The molecule has 2 aromatic carbocycles. The second-order valence-electron chi connectivity index (χ2n) is 7.35. The average molecular weight is 446 g/mol. The topological polar surface area (TPSA) is 105 Å². The third kappa shape index (κ3) is 6.28. The van der Waals surface area contributed by atoms with Gasteiger partial charge in [-0.1, -0.05) is 24.3 Å². The summed E-state index contributed by atoms with van der Waals surface area (Å²) in [6.07, 6.45) is 2.10. The molecule has 31 heavy (non-hydrogen) atoms. The van der Waals surface area contributed by atoms with E-state index in [4.69, 9.17) is 0 Å². The number of carbonyl (C=O) groups excluding carboxylic acids is 2. The van der Waals surface area contributed by atoms with Crippen LogP contribution >= 0.6 is 0 Å². The highest BCUT2D eigenvalue weighted by molar-refractivity contribution is 7.89. The molecule has 0 radical (unpaired) electrons. The van der Waals surface area contributed by atoms with Gasteiger partial charge in [0.2, 0.25) is 15.9 Å². The Morgan fingerprint density at radius 3 is 2.19 bits per heavy atom. The zero-order valence-corrected chi connectivity index (χ0v) is 18.3. The Morgan fingerprint density at radius 2 is 1.58 bits per heavy atom. The number of hydrogen-bond donors (Lipinski definition) is 2. The molecule has 0 aromatic heterocycles. The van der Waals surface area contributed by atoms with Gasteiger partial charge in [0.25, 0.3) is 0 Å². The van der Waals surface area contributed by atoms with Gasteiger partial charge in [0, 0.05) is 31.7 Å². The summed E-state index contributed by atoms with van der Waals surface area (Å²) in [4.78, 5) is 23.6. The largest absolute Gasteiger partial charge is 0.453 e. The summed E-state index contributed by atoms with van der Waals surface area (Å²) in [5.74, 6) is -0.0921. The fraction of sp³-hybridized carbons (Fsp3) is 0.364. The van der Waals surface area contributed by atoms with Gasteiger partial charge in [-0.15, -0.1) is 0 Å². The summed E-state index contributed by atoms with van der Waals surface area (Å²) in [5, 5.41) is 5.42. The van der Waals surface area contributed by atoms with Crippen LogP contribution in [0.15, 0.2) is 53.4 Å². The lowest BCUT2D eigenvalue weighted by molar-refractivity contribution is -0.121. The first-order valence-electron chi connectivity index (χ1n) is 10.2.